The number of anilines is 1. The number of amidine groups is 1. The summed E-state index contributed by atoms with van der Waals surface area (Å²) in [6.07, 6.45) is 0. The number of fused-ring (bicyclic) bond motifs is 1. The number of carbonyl (C=O) groups excluding carboxylic acids is 2. The van der Waals surface area contributed by atoms with Gasteiger partial charge in [0, 0.05) is 5.56 Å². The van der Waals surface area contributed by atoms with E-state index in [0.717, 1.165) is 11.8 Å². The Bertz CT molecular complexity index is 964. The standard InChI is InChI=1S/C18H14FN3O3S/c19-11-5-3-4-10(8-11)9-22-13-7-2-1-6-12(13)18(25,16(22)24)14-15(23)21-17(20)26-14/h1-8,14,25H,9H2,(H2,20,21,23). The van der Waals surface area contributed by atoms with Crippen molar-refractivity contribution in [2.24, 2.45) is 10.7 Å². The van der Waals surface area contributed by atoms with Crippen molar-refractivity contribution < 1.29 is 19.1 Å². The second kappa shape index (κ2) is 5.93. The van der Waals surface area contributed by atoms with Gasteiger partial charge in [0.1, 0.15) is 11.1 Å². The lowest BCUT2D eigenvalue weighted by molar-refractivity contribution is -0.140. The van der Waals surface area contributed by atoms with Crippen LogP contribution in [0.3, 0.4) is 0 Å². The molecule has 0 saturated carbocycles. The minimum atomic E-state index is -2.07. The smallest absolute Gasteiger partial charge is 0.265 e. The summed E-state index contributed by atoms with van der Waals surface area (Å²) >= 11 is 0.869. The van der Waals surface area contributed by atoms with Gasteiger partial charge < -0.3 is 15.7 Å². The molecule has 2 atom stereocenters. The highest BCUT2D eigenvalue weighted by Gasteiger charge is 2.59. The minimum absolute atomic E-state index is 0.0160. The molecule has 26 heavy (non-hydrogen) atoms. The van der Waals surface area contributed by atoms with Gasteiger partial charge in [-0.25, -0.2) is 4.39 Å². The van der Waals surface area contributed by atoms with Crippen LogP contribution in [0.1, 0.15) is 11.1 Å². The highest BCUT2D eigenvalue weighted by molar-refractivity contribution is 8.15. The zero-order valence-electron chi connectivity index (χ0n) is 13.4. The number of benzene rings is 2. The number of rotatable bonds is 3. The van der Waals surface area contributed by atoms with Crippen molar-refractivity contribution in [3.05, 3.63) is 65.5 Å². The van der Waals surface area contributed by atoms with Gasteiger partial charge in [0.05, 0.1) is 12.2 Å². The van der Waals surface area contributed by atoms with Crippen LogP contribution >= 0.6 is 11.8 Å². The molecule has 2 heterocycles. The topological polar surface area (TPSA) is 96.0 Å². The second-order valence-electron chi connectivity index (χ2n) is 6.09. The van der Waals surface area contributed by atoms with E-state index in [1.807, 2.05) is 0 Å². The molecule has 0 bridgehead atoms. The molecule has 2 unspecified atom stereocenters. The summed E-state index contributed by atoms with van der Waals surface area (Å²) in [7, 11) is 0. The summed E-state index contributed by atoms with van der Waals surface area (Å²) in [6.45, 7) is 0.0673. The summed E-state index contributed by atoms with van der Waals surface area (Å²) in [4.78, 5) is 30.3. The number of halogens is 1. The van der Waals surface area contributed by atoms with Crippen LogP contribution in [0.5, 0.6) is 0 Å². The first-order chi connectivity index (χ1) is 12.4. The Morgan fingerprint density at radius 1 is 1.23 bits per heavy atom. The molecule has 8 heteroatoms. The number of aliphatic imine (C=N–C) groups is 1. The maximum Gasteiger partial charge on any atom is 0.265 e. The number of carbonyl (C=O) groups is 2. The van der Waals surface area contributed by atoms with Crippen LogP contribution in [0.25, 0.3) is 0 Å². The van der Waals surface area contributed by atoms with Crippen LogP contribution in [0.15, 0.2) is 53.5 Å². The second-order valence-corrected chi connectivity index (χ2v) is 7.22. The fourth-order valence-electron chi connectivity index (χ4n) is 3.32. The Kier molecular flexibility index (Phi) is 3.82. The molecule has 0 saturated heterocycles. The van der Waals surface area contributed by atoms with E-state index in [0.29, 0.717) is 16.8 Å². The molecule has 6 nitrogen and oxygen atoms in total. The van der Waals surface area contributed by atoms with E-state index in [9.17, 15) is 19.1 Å². The zero-order valence-corrected chi connectivity index (χ0v) is 14.2. The fraction of sp³-hybridized carbons (Fsp3) is 0.167. The first kappa shape index (κ1) is 16.7. The number of aliphatic hydroxyl groups is 1. The van der Waals surface area contributed by atoms with Crippen molar-refractivity contribution in [2.45, 2.75) is 17.4 Å². The summed E-state index contributed by atoms with van der Waals surface area (Å²) in [5.74, 6) is -1.72. The molecule has 0 radical (unpaired) electrons. The third-order valence-electron chi connectivity index (χ3n) is 4.47. The summed E-state index contributed by atoms with van der Waals surface area (Å²) in [5, 5.41) is 10.1. The number of nitrogens with zero attached hydrogens (tertiary/aromatic N) is 2. The number of para-hydroxylation sites is 1. The van der Waals surface area contributed by atoms with E-state index in [1.54, 1.807) is 36.4 Å². The Balaban J connectivity index is 1.77. The van der Waals surface area contributed by atoms with Crippen LogP contribution in [-0.4, -0.2) is 27.3 Å². The van der Waals surface area contributed by atoms with Crippen LogP contribution in [0.4, 0.5) is 10.1 Å². The van der Waals surface area contributed by atoms with Crippen molar-refractivity contribution in [1.82, 2.24) is 0 Å². The molecule has 0 spiro atoms. The monoisotopic (exact) mass is 371 g/mol. The van der Waals surface area contributed by atoms with Crippen molar-refractivity contribution in [2.75, 3.05) is 4.90 Å². The largest absolute Gasteiger partial charge is 0.378 e. The zero-order chi connectivity index (χ0) is 18.5. The molecule has 2 aromatic carbocycles. The van der Waals surface area contributed by atoms with Crippen molar-refractivity contribution >= 4 is 34.4 Å². The van der Waals surface area contributed by atoms with Gasteiger partial charge in [-0.15, -0.1) is 0 Å². The fourth-order valence-corrected chi connectivity index (χ4v) is 4.25. The van der Waals surface area contributed by atoms with Crippen LogP contribution in [0, 0.1) is 5.82 Å². The van der Waals surface area contributed by atoms with Crippen molar-refractivity contribution in [3.8, 4) is 0 Å². The van der Waals surface area contributed by atoms with Gasteiger partial charge in [-0.3, -0.25) is 9.59 Å². The molecule has 0 fully saturated rings. The van der Waals surface area contributed by atoms with Crippen LogP contribution < -0.4 is 10.6 Å². The lowest BCUT2D eigenvalue weighted by Crippen LogP contribution is -2.49. The highest BCUT2D eigenvalue weighted by atomic mass is 32.2. The average Bonchev–Trinajstić information content (AvgIpc) is 3.06. The molecule has 2 amide bonds. The number of nitrogens with two attached hydrogens (primary N) is 1. The van der Waals surface area contributed by atoms with E-state index in [1.165, 1.54) is 17.0 Å². The number of hydrogen-bond acceptors (Lipinski definition) is 5. The number of amides is 2. The van der Waals surface area contributed by atoms with Gasteiger partial charge >= 0.3 is 0 Å². The maximum atomic E-state index is 13.5. The van der Waals surface area contributed by atoms with Gasteiger partial charge in [0.25, 0.3) is 11.8 Å². The van der Waals surface area contributed by atoms with E-state index < -0.39 is 28.5 Å². The summed E-state index contributed by atoms with van der Waals surface area (Å²) in [6, 6.07) is 12.6. The van der Waals surface area contributed by atoms with Gasteiger partial charge in [0.15, 0.2) is 10.8 Å². The van der Waals surface area contributed by atoms with E-state index in [2.05, 4.69) is 4.99 Å². The Morgan fingerprint density at radius 2 is 2.00 bits per heavy atom. The Labute approximate surface area is 152 Å². The average molecular weight is 371 g/mol. The van der Waals surface area contributed by atoms with Gasteiger partial charge in [-0.2, -0.15) is 4.99 Å². The Hall–Kier alpha value is -2.71. The molecule has 2 aliphatic heterocycles. The lowest BCUT2D eigenvalue weighted by atomic mass is 9.91. The molecule has 0 aromatic heterocycles. The summed E-state index contributed by atoms with van der Waals surface area (Å²) in [5.41, 5.74) is 4.88. The number of hydrogen-bond donors (Lipinski definition) is 2. The van der Waals surface area contributed by atoms with E-state index in [4.69, 9.17) is 5.73 Å². The quantitative estimate of drug-likeness (QED) is 0.853. The van der Waals surface area contributed by atoms with E-state index >= 15 is 0 Å². The minimum Gasteiger partial charge on any atom is -0.378 e. The maximum absolute atomic E-state index is 13.5. The molecule has 0 aliphatic carbocycles. The molecule has 3 N–H and O–H groups in total. The van der Waals surface area contributed by atoms with Crippen LogP contribution in [-0.2, 0) is 21.7 Å². The normalized spacial score (nSPS) is 24.8. The molecular formula is C18H14FN3O3S. The van der Waals surface area contributed by atoms with Gasteiger partial charge in [0.2, 0.25) is 0 Å². The van der Waals surface area contributed by atoms with Crippen molar-refractivity contribution in [1.29, 1.82) is 0 Å². The summed E-state index contributed by atoms with van der Waals surface area (Å²) < 4.78 is 13.5. The lowest BCUT2D eigenvalue weighted by Gasteiger charge is -2.26. The predicted octanol–water partition coefficient (Wildman–Crippen LogP) is 1.52. The first-order valence-electron chi connectivity index (χ1n) is 7.84. The third kappa shape index (κ3) is 2.41. The van der Waals surface area contributed by atoms with Gasteiger partial charge in [-0.05, 0) is 23.8 Å². The third-order valence-corrected chi connectivity index (χ3v) is 5.58. The molecule has 2 aliphatic rings. The molecular weight excluding hydrogens is 357 g/mol. The Morgan fingerprint density at radius 3 is 2.69 bits per heavy atom. The SMILES string of the molecule is NC1=NC(=O)C(C2(O)C(=O)N(Cc3cccc(F)c3)c3ccccc32)S1. The van der Waals surface area contributed by atoms with E-state index in [-0.39, 0.29) is 11.7 Å². The van der Waals surface area contributed by atoms with Crippen molar-refractivity contribution in [3.63, 3.8) is 0 Å². The number of thioether (sulfide) groups is 1. The molecule has 132 valence electrons. The molecule has 2 aromatic rings. The first-order valence-corrected chi connectivity index (χ1v) is 8.72. The van der Waals surface area contributed by atoms with Gasteiger partial charge in [-0.1, -0.05) is 42.1 Å². The van der Waals surface area contributed by atoms with Crippen LogP contribution in [0.2, 0.25) is 0 Å². The predicted molar refractivity (Wildman–Crippen MR) is 95.9 cm³/mol. The highest BCUT2D eigenvalue weighted by Crippen LogP contribution is 2.47. The molecule has 4 rings (SSSR count).